The van der Waals surface area contributed by atoms with Crippen molar-refractivity contribution in [2.24, 2.45) is 11.8 Å². The minimum atomic E-state index is -0.945. The van der Waals surface area contributed by atoms with Gasteiger partial charge in [0.25, 0.3) is 0 Å². The summed E-state index contributed by atoms with van der Waals surface area (Å²) in [6, 6.07) is 0. The predicted octanol–water partition coefficient (Wildman–Crippen LogP) is 2.43. The van der Waals surface area contributed by atoms with Crippen LogP contribution in [0.5, 0.6) is 0 Å². The highest BCUT2D eigenvalue weighted by atomic mass is 16.4. The molecule has 0 spiro atoms. The first kappa shape index (κ1) is 20.6. The Morgan fingerprint density at radius 2 is 1.88 bits per heavy atom. The van der Waals surface area contributed by atoms with Crippen molar-refractivity contribution < 1.29 is 25.2 Å². The number of aliphatic hydroxyl groups excluding tert-OH is 3. The maximum Gasteiger partial charge on any atom is 0.303 e. The number of aliphatic hydroxyl groups is 3. The maximum absolute atomic E-state index is 10.5. The van der Waals surface area contributed by atoms with E-state index in [1.54, 1.807) is 6.08 Å². The van der Waals surface area contributed by atoms with Crippen molar-refractivity contribution in [2.45, 2.75) is 63.8 Å². The minimum Gasteiger partial charge on any atom is -0.481 e. The zero-order chi connectivity index (χ0) is 17.9. The number of aliphatic carboxylic acids is 1. The lowest BCUT2D eigenvalue weighted by atomic mass is 9.89. The molecule has 0 amide bonds. The van der Waals surface area contributed by atoms with Crippen LogP contribution < -0.4 is 0 Å². The first-order valence-electron chi connectivity index (χ1n) is 8.70. The maximum atomic E-state index is 10.5. The summed E-state index contributed by atoms with van der Waals surface area (Å²) in [5.74, 6) is -1.26. The van der Waals surface area contributed by atoms with Gasteiger partial charge in [-0.3, -0.25) is 4.79 Å². The summed E-state index contributed by atoms with van der Waals surface area (Å²) in [5.41, 5.74) is 0. The van der Waals surface area contributed by atoms with Crippen LogP contribution >= 0.6 is 0 Å². The van der Waals surface area contributed by atoms with E-state index >= 15 is 0 Å². The molecule has 1 saturated carbocycles. The highest BCUT2D eigenvalue weighted by molar-refractivity contribution is 5.66. The van der Waals surface area contributed by atoms with Crippen molar-refractivity contribution in [3.8, 4) is 0 Å². The van der Waals surface area contributed by atoms with Crippen LogP contribution in [0.4, 0.5) is 0 Å². The lowest BCUT2D eigenvalue weighted by Gasteiger charge is -2.19. The second kappa shape index (κ2) is 11.2. The summed E-state index contributed by atoms with van der Waals surface area (Å²) >= 11 is 0. The van der Waals surface area contributed by atoms with E-state index in [1.165, 1.54) is 6.08 Å². The predicted molar refractivity (Wildman–Crippen MR) is 93.4 cm³/mol. The Hall–Kier alpha value is -1.43. The Kier molecular flexibility index (Phi) is 9.60. The number of carbonyl (C=O) groups is 1. The average Bonchev–Trinajstić information content (AvgIpc) is 2.80. The molecule has 1 unspecified atom stereocenters. The van der Waals surface area contributed by atoms with E-state index in [1.807, 2.05) is 12.2 Å². The van der Waals surface area contributed by atoms with Gasteiger partial charge in [0.1, 0.15) is 0 Å². The van der Waals surface area contributed by atoms with E-state index in [4.69, 9.17) is 5.11 Å². The van der Waals surface area contributed by atoms with Gasteiger partial charge in [0.2, 0.25) is 0 Å². The van der Waals surface area contributed by atoms with Gasteiger partial charge in [0.15, 0.2) is 0 Å². The van der Waals surface area contributed by atoms with Crippen molar-refractivity contribution >= 4 is 5.97 Å². The smallest absolute Gasteiger partial charge is 0.303 e. The Morgan fingerprint density at radius 3 is 2.54 bits per heavy atom. The van der Waals surface area contributed by atoms with E-state index in [2.05, 4.69) is 19.1 Å². The van der Waals surface area contributed by atoms with Gasteiger partial charge in [0, 0.05) is 18.8 Å². The van der Waals surface area contributed by atoms with E-state index in [9.17, 15) is 20.1 Å². The quantitative estimate of drug-likeness (QED) is 0.459. The number of carboxylic acids is 1. The summed E-state index contributed by atoms with van der Waals surface area (Å²) < 4.78 is 0. The monoisotopic (exact) mass is 338 g/mol. The molecule has 5 atom stereocenters. The van der Waals surface area contributed by atoms with Gasteiger partial charge in [-0.05, 0) is 31.6 Å². The fourth-order valence-electron chi connectivity index (χ4n) is 3.02. The van der Waals surface area contributed by atoms with Crippen LogP contribution in [0, 0.1) is 11.8 Å². The van der Waals surface area contributed by atoms with Crippen LogP contribution in [0.3, 0.4) is 0 Å². The molecule has 5 nitrogen and oxygen atoms in total. The van der Waals surface area contributed by atoms with Crippen molar-refractivity contribution in [1.82, 2.24) is 0 Å². The second-order valence-corrected chi connectivity index (χ2v) is 6.32. The van der Waals surface area contributed by atoms with E-state index in [0.29, 0.717) is 12.8 Å². The largest absolute Gasteiger partial charge is 0.481 e. The molecule has 0 heterocycles. The van der Waals surface area contributed by atoms with Crippen LogP contribution in [0.15, 0.2) is 36.5 Å². The highest BCUT2D eigenvalue weighted by Gasteiger charge is 2.39. The third kappa shape index (κ3) is 7.43. The van der Waals surface area contributed by atoms with E-state index in [0.717, 1.165) is 12.8 Å². The lowest BCUT2D eigenvalue weighted by Crippen LogP contribution is -2.20. The van der Waals surface area contributed by atoms with Gasteiger partial charge in [-0.1, -0.05) is 43.4 Å². The van der Waals surface area contributed by atoms with Crippen LogP contribution in [-0.2, 0) is 4.79 Å². The van der Waals surface area contributed by atoms with E-state index < -0.39 is 24.3 Å². The van der Waals surface area contributed by atoms with Gasteiger partial charge < -0.3 is 20.4 Å². The molecule has 1 rings (SSSR count). The SMILES string of the molecule is CC/C=C\C/C=C\C[C@@H]1[C@H](/C=C/C(O)CCC(=O)O)[C@@H](O)C[C@H]1O. The third-order valence-electron chi connectivity index (χ3n) is 4.37. The van der Waals surface area contributed by atoms with Crippen LogP contribution in [0.2, 0.25) is 0 Å². The molecule has 24 heavy (non-hydrogen) atoms. The van der Waals surface area contributed by atoms with Gasteiger partial charge in [-0.2, -0.15) is 0 Å². The second-order valence-electron chi connectivity index (χ2n) is 6.32. The summed E-state index contributed by atoms with van der Waals surface area (Å²) in [7, 11) is 0. The molecule has 5 heteroatoms. The fraction of sp³-hybridized carbons (Fsp3) is 0.632. The Bertz CT molecular complexity index is 455. The number of carboxylic acid groups (broad SMARTS) is 1. The molecule has 1 fully saturated rings. The zero-order valence-corrected chi connectivity index (χ0v) is 14.3. The summed E-state index contributed by atoms with van der Waals surface area (Å²) in [4.78, 5) is 10.5. The molecule has 136 valence electrons. The normalized spacial score (nSPS) is 29.2. The zero-order valence-electron chi connectivity index (χ0n) is 14.3. The minimum absolute atomic E-state index is 0.0886. The van der Waals surface area contributed by atoms with Crippen molar-refractivity contribution in [3.63, 3.8) is 0 Å². The molecule has 1 aliphatic carbocycles. The topological polar surface area (TPSA) is 98.0 Å². The van der Waals surface area contributed by atoms with Crippen LogP contribution in [-0.4, -0.2) is 44.7 Å². The summed E-state index contributed by atoms with van der Waals surface area (Å²) in [5, 5.41) is 38.6. The number of allylic oxidation sites excluding steroid dienone is 4. The van der Waals surface area contributed by atoms with Crippen molar-refractivity contribution in [3.05, 3.63) is 36.5 Å². The molecule has 0 saturated heterocycles. The first-order chi connectivity index (χ1) is 11.5. The molecular weight excluding hydrogens is 308 g/mol. The summed E-state index contributed by atoms with van der Waals surface area (Å²) in [6.07, 6.45) is 12.4. The molecule has 0 bridgehead atoms. The molecule has 0 aromatic heterocycles. The first-order valence-corrected chi connectivity index (χ1v) is 8.70. The Morgan fingerprint density at radius 1 is 1.17 bits per heavy atom. The standard InChI is InChI=1S/C19H30O5/c1-2-3-4-5-6-7-8-15-16(18(22)13-17(15)21)11-9-14(20)10-12-19(23)24/h3-4,6-7,9,11,14-18,20-22H,2,5,8,10,12-13H2,1H3,(H,23,24)/b4-3-,7-6-,11-9+/t14?,15-,16+,17-,18+/m1/s1. The van der Waals surface area contributed by atoms with Gasteiger partial charge >= 0.3 is 5.97 Å². The average molecular weight is 338 g/mol. The molecule has 0 aliphatic heterocycles. The Balaban J connectivity index is 2.55. The number of hydrogen-bond donors (Lipinski definition) is 4. The molecule has 4 N–H and O–H groups in total. The molecule has 1 aliphatic rings. The van der Waals surface area contributed by atoms with Gasteiger partial charge in [-0.15, -0.1) is 0 Å². The van der Waals surface area contributed by atoms with Crippen LogP contribution in [0.1, 0.15) is 45.4 Å². The Labute approximate surface area is 144 Å². The van der Waals surface area contributed by atoms with Crippen molar-refractivity contribution in [1.29, 1.82) is 0 Å². The summed E-state index contributed by atoms with van der Waals surface area (Å²) in [6.45, 7) is 2.08. The van der Waals surface area contributed by atoms with Gasteiger partial charge in [-0.25, -0.2) is 0 Å². The third-order valence-corrected chi connectivity index (χ3v) is 4.37. The molecule has 0 radical (unpaired) electrons. The fourth-order valence-corrected chi connectivity index (χ4v) is 3.02. The lowest BCUT2D eigenvalue weighted by molar-refractivity contribution is -0.137. The molecule has 0 aromatic carbocycles. The van der Waals surface area contributed by atoms with Crippen LogP contribution in [0.25, 0.3) is 0 Å². The van der Waals surface area contributed by atoms with E-state index in [-0.39, 0.29) is 24.7 Å². The molecular formula is C19H30O5. The number of hydrogen-bond acceptors (Lipinski definition) is 4. The molecule has 0 aromatic rings. The number of rotatable bonds is 10. The van der Waals surface area contributed by atoms with Gasteiger partial charge in [0.05, 0.1) is 18.3 Å². The highest BCUT2D eigenvalue weighted by Crippen LogP contribution is 2.36. The van der Waals surface area contributed by atoms with Crippen molar-refractivity contribution in [2.75, 3.05) is 0 Å².